The Morgan fingerprint density at radius 3 is 2.46 bits per heavy atom. The van der Waals surface area contributed by atoms with E-state index in [0.29, 0.717) is 43.9 Å². The summed E-state index contributed by atoms with van der Waals surface area (Å²) in [5.74, 6) is -3.74. The molecular weight excluding hydrogens is 480 g/mol. The third-order valence-electron chi connectivity index (χ3n) is 7.51. The number of fused-ring (bicyclic) bond motifs is 1. The molecule has 1 atom stereocenters. The first-order valence-corrected chi connectivity index (χ1v) is 12.6. The van der Waals surface area contributed by atoms with E-state index in [1.807, 2.05) is 19.1 Å². The number of hydrogen-bond acceptors (Lipinski definition) is 5. The van der Waals surface area contributed by atoms with Crippen molar-refractivity contribution in [2.75, 3.05) is 26.2 Å². The highest BCUT2D eigenvalue weighted by Crippen LogP contribution is 2.49. The topological polar surface area (TPSA) is 83.6 Å². The maximum Gasteiger partial charge on any atom is 0.330 e. The molecule has 2 aliphatic rings. The van der Waals surface area contributed by atoms with Gasteiger partial charge in [0.2, 0.25) is 0 Å². The third-order valence-corrected chi connectivity index (χ3v) is 7.51. The molecular formula is C27H33F2N5O3. The summed E-state index contributed by atoms with van der Waals surface area (Å²) in [7, 11) is 1.62. The largest absolute Gasteiger partial charge is 0.381 e. The number of benzene rings is 1. The number of rotatable bonds is 6. The van der Waals surface area contributed by atoms with E-state index in [1.165, 1.54) is 23.0 Å². The Hall–Kier alpha value is -3.11. The summed E-state index contributed by atoms with van der Waals surface area (Å²) in [5.41, 5.74) is 3.15. The zero-order chi connectivity index (χ0) is 26.7. The fourth-order valence-electron chi connectivity index (χ4n) is 5.09. The SMILES string of the molecule is Cc1ccc(CN2CCN(C(=O)C(C)(C)O)CC2)cc1-c1ccc2c(n1)n(C)c(=O)n2CC1CC1(F)F. The number of halogens is 2. The monoisotopic (exact) mass is 513 g/mol. The highest BCUT2D eigenvalue weighted by atomic mass is 19.3. The number of pyridine rings is 1. The average molecular weight is 514 g/mol. The lowest BCUT2D eigenvalue weighted by Crippen LogP contribution is -2.53. The summed E-state index contributed by atoms with van der Waals surface area (Å²) in [4.78, 5) is 33.9. The van der Waals surface area contributed by atoms with E-state index in [4.69, 9.17) is 4.98 Å². The number of amides is 1. The summed E-state index contributed by atoms with van der Waals surface area (Å²) < 4.78 is 29.8. The first kappa shape index (κ1) is 25.5. The molecule has 5 rings (SSSR count). The minimum atomic E-state index is -2.69. The maximum absolute atomic E-state index is 13.5. The van der Waals surface area contributed by atoms with Crippen molar-refractivity contribution >= 4 is 17.1 Å². The van der Waals surface area contributed by atoms with Crippen LogP contribution >= 0.6 is 0 Å². The van der Waals surface area contributed by atoms with Crippen LogP contribution in [0.15, 0.2) is 35.1 Å². The molecule has 1 saturated heterocycles. The van der Waals surface area contributed by atoms with Crippen LogP contribution in [0.3, 0.4) is 0 Å². The zero-order valence-corrected chi connectivity index (χ0v) is 21.7. The molecule has 1 amide bonds. The fraction of sp³-hybridized carbons (Fsp3) is 0.519. The van der Waals surface area contributed by atoms with Crippen LogP contribution < -0.4 is 5.69 Å². The van der Waals surface area contributed by atoms with Gasteiger partial charge in [-0.25, -0.2) is 18.6 Å². The second-order valence-electron chi connectivity index (χ2n) is 10.9. The Bertz CT molecular complexity index is 1410. The first-order valence-electron chi connectivity index (χ1n) is 12.6. The summed E-state index contributed by atoms with van der Waals surface area (Å²) in [5, 5.41) is 10.0. The lowest BCUT2D eigenvalue weighted by Gasteiger charge is -2.37. The molecule has 0 bridgehead atoms. The molecule has 198 valence electrons. The molecule has 1 aliphatic carbocycles. The van der Waals surface area contributed by atoms with Gasteiger partial charge in [0, 0.05) is 64.2 Å². The highest BCUT2D eigenvalue weighted by molar-refractivity contribution is 5.84. The van der Waals surface area contributed by atoms with Crippen molar-refractivity contribution in [3.05, 3.63) is 51.9 Å². The van der Waals surface area contributed by atoms with Crippen LogP contribution in [0.4, 0.5) is 8.78 Å². The predicted octanol–water partition coefficient (Wildman–Crippen LogP) is 2.78. The molecule has 8 nitrogen and oxygen atoms in total. The van der Waals surface area contributed by atoms with Crippen LogP contribution in [0.2, 0.25) is 0 Å². The van der Waals surface area contributed by atoms with Gasteiger partial charge in [0.05, 0.1) is 11.2 Å². The molecule has 2 fully saturated rings. The van der Waals surface area contributed by atoms with Gasteiger partial charge >= 0.3 is 5.69 Å². The molecule has 1 aliphatic heterocycles. The molecule has 0 radical (unpaired) electrons. The van der Waals surface area contributed by atoms with Gasteiger partial charge in [0.25, 0.3) is 11.8 Å². The normalized spacial score (nSPS) is 20.0. The summed E-state index contributed by atoms with van der Waals surface area (Å²) in [6.07, 6.45) is -0.182. The number of hydrogen-bond donors (Lipinski definition) is 1. The molecule has 0 spiro atoms. The van der Waals surface area contributed by atoms with Gasteiger partial charge in [-0.15, -0.1) is 0 Å². The van der Waals surface area contributed by atoms with Gasteiger partial charge in [0.1, 0.15) is 5.60 Å². The molecule has 1 aromatic carbocycles. The van der Waals surface area contributed by atoms with Crippen molar-refractivity contribution in [2.24, 2.45) is 13.0 Å². The predicted molar refractivity (Wildman–Crippen MR) is 136 cm³/mol. The average Bonchev–Trinajstić information content (AvgIpc) is 3.39. The minimum Gasteiger partial charge on any atom is -0.381 e. The van der Waals surface area contributed by atoms with Gasteiger partial charge in [0.15, 0.2) is 5.65 Å². The lowest BCUT2D eigenvalue weighted by molar-refractivity contribution is -0.149. The number of carbonyl (C=O) groups is 1. The van der Waals surface area contributed by atoms with Crippen LogP contribution in [0, 0.1) is 12.8 Å². The fourth-order valence-corrected chi connectivity index (χ4v) is 5.09. The Morgan fingerprint density at radius 2 is 1.84 bits per heavy atom. The smallest absolute Gasteiger partial charge is 0.330 e. The lowest BCUT2D eigenvalue weighted by atomic mass is 10.0. The van der Waals surface area contributed by atoms with Crippen LogP contribution in [0.1, 0.15) is 31.4 Å². The van der Waals surface area contributed by atoms with Crippen molar-refractivity contribution in [3.63, 3.8) is 0 Å². The Morgan fingerprint density at radius 1 is 1.16 bits per heavy atom. The molecule has 2 aromatic heterocycles. The Kier molecular flexibility index (Phi) is 6.23. The van der Waals surface area contributed by atoms with Crippen LogP contribution in [-0.4, -0.2) is 72.6 Å². The standard InChI is InChI=1S/C27H33F2N5O3/c1-17-5-6-18(15-32-9-11-33(12-10-32)24(35)26(2,3)37)13-20(17)21-7-8-22-23(30-21)31(4)25(36)34(22)16-19-14-27(19,28)29/h5-8,13,19,37H,9-12,14-16H2,1-4H3. The number of nitrogens with zero attached hydrogens (tertiary/aromatic N) is 5. The van der Waals surface area contributed by atoms with Crippen molar-refractivity contribution in [3.8, 4) is 11.3 Å². The molecule has 1 N–H and O–H groups in total. The molecule has 1 unspecified atom stereocenters. The van der Waals surface area contributed by atoms with Gasteiger partial charge in [-0.05, 0) is 50.1 Å². The maximum atomic E-state index is 13.5. The van der Waals surface area contributed by atoms with Crippen LogP contribution in [-0.2, 0) is 24.9 Å². The summed E-state index contributed by atoms with van der Waals surface area (Å²) >= 11 is 0. The molecule has 1 saturated carbocycles. The first-order chi connectivity index (χ1) is 17.3. The van der Waals surface area contributed by atoms with E-state index in [9.17, 15) is 23.5 Å². The zero-order valence-electron chi connectivity index (χ0n) is 21.7. The van der Waals surface area contributed by atoms with E-state index in [-0.39, 0.29) is 24.6 Å². The second kappa shape index (κ2) is 9.02. The van der Waals surface area contributed by atoms with Gasteiger partial charge in [-0.2, -0.15) is 0 Å². The molecule has 37 heavy (non-hydrogen) atoms. The van der Waals surface area contributed by atoms with Crippen molar-refractivity contribution in [2.45, 2.75) is 51.8 Å². The van der Waals surface area contributed by atoms with Crippen molar-refractivity contribution in [1.82, 2.24) is 23.9 Å². The highest BCUT2D eigenvalue weighted by Gasteiger charge is 2.57. The van der Waals surface area contributed by atoms with Crippen LogP contribution in [0.25, 0.3) is 22.4 Å². The minimum absolute atomic E-state index is 0.00657. The molecule has 10 heteroatoms. The number of carbonyl (C=O) groups excluding carboxylic acids is 1. The van der Waals surface area contributed by atoms with E-state index < -0.39 is 17.4 Å². The van der Waals surface area contributed by atoms with Crippen LogP contribution in [0.5, 0.6) is 0 Å². The number of piperazine rings is 1. The Balaban J connectivity index is 1.35. The molecule has 3 heterocycles. The number of imidazole rings is 1. The van der Waals surface area contributed by atoms with E-state index in [0.717, 1.165) is 22.4 Å². The van der Waals surface area contributed by atoms with Crippen molar-refractivity contribution < 1.29 is 18.7 Å². The third kappa shape index (κ3) is 4.92. The van der Waals surface area contributed by atoms with E-state index in [1.54, 1.807) is 18.0 Å². The quantitative estimate of drug-likeness (QED) is 0.548. The summed E-state index contributed by atoms with van der Waals surface area (Å²) in [6, 6.07) is 9.86. The molecule has 3 aromatic rings. The number of aliphatic hydroxyl groups is 1. The number of aryl methyl sites for hydroxylation is 2. The second-order valence-corrected chi connectivity index (χ2v) is 10.9. The van der Waals surface area contributed by atoms with Gasteiger partial charge in [-0.3, -0.25) is 18.8 Å². The van der Waals surface area contributed by atoms with E-state index in [2.05, 4.69) is 17.0 Å². The van der Waals surface area contributed by atoms with Gasteiger partial charge < -0.3 is 10.0 Å². The number of alkyl halides is 2. The van der Waals surface area contributed by atoms with Gasteiger partial charge in [-0.1, -0.05) is 12.1 Å². The summed E-state index contributed by atoms with van der Waals surface area (Å²) in [6.45, 7) is 8.30. The van der Waals surface area contributed by atoms with E-state index >= 15 is 0 Å². The number of aromatic nitrogens is 3. The Labute approximate surface area is 214 Å². The van der Waals surface area contributed by atoms with Crippen molar-refractivity contribution in [1.29, 1.82) is 0 Å².